The van der Waals surface area contributed by atoms with E-state index < -0.39 is 0 Å². The number of nitrogens with zero attached hydrogens (tertiary/aromatic N) is 2. The molecule has 0 unspecified atom stereocenters. The molecule has 0 radical (unpaired) electrons. The fourth-order valence-corrected chi connectivity index (χ4v) is 0.928. The van der Waals surface area contributed by atoms with Gasteiger partial charge >= 0.3 is 0 Å². The minimum absolute atomic E-state index is 0.359. The Balaban J connectivity index is 3.47. The number of hydrogen-bond donors (Lipinski definition) is 2. The fourth-order valence-electron chi connectivity index (χ4n) is 0.928. The Kier molecular flexibility index (Phi) is 6.32. The molecule has 0 saturated heterocycles. The van der Waals surface area contributed by atoms with Crippen molar-refractivity contribution >= 4 is 5.96 Å². The summed E-state index contributed by atoms with van der Waals surface area (Å²) in [5, 5.41) is 3.04. The summed E-state index contributed by atoms with van der Waals surface area (Å²) in [6, 6.07) is 0.359. The van der Waals surface area contributed by atoms with Crippen LogP contribution in [0, 0.1) is 0 Å². The molecule has 0 aromatic rings. The number of guanidine groups is 1. The summed E-state index contributed by atoms with van der Waals surface area (Å²) in [7, 11) is 4.11. The third-order valence-electron chi connectivity index (χ3n) is 1.48. The highest BCUT2D eigenvalue weighted by molar-refractivity contribution is 5.77. The quantitative estimate of drug-likeness (QED) is 0.368. The van der Waals surface area contributed by atoms with Gasteiger partial charge in [-0.3, -0.25) is 4.99 Å². The van der Waals surface area contributed by atoms with Crippen LogP contribution in [0.15, 0.2) is 4.99 Å². The van der Waals surface area contributed by atoms with E-state index in [1.54, 1.807) is 0 Å². The van der Waals surface area contributed by atoms with Crippen molar-refractivity contribution in [2.45, 2.75) is 26.3 Å². The summed E-state index contributed by atoms with van der Waals surface area (Å²) in [5.74, 6) is 0.550. The Labute approximate surface area is 81.2 Å². The molecular formula is C9H22N4. The predicted molar refractivity (Wildman–Crippen MR) is 57.9 cm³/mol. The lowest BCUT2D eigenvalue weighted by molar-refractivity contribution is 0.403. The van der Waals surface area contributed by atoms with Crippen LogP contribution in [-0.4, -0.2) is 44.1 Å². The van der Waals surface area contributed by atoms with Crippen molar-refractivity contribution in [2.75, 3.05) is 27.2 Å². The van der Waals surface area contributed by atoms with Gasteiger partial charge in [-0.2, -0.15) is 0 Å². The van der Waals surface area contributed by atoms with Crippen LogP contribution < -0.4 is 11.1 Å². The lowest BCUT2D eigenvalue weighted by atomic mass is 10.4. The van der Waals surface area contributed by atoms with E-state index in [1.807, 2.05) is 13.8 Å². The summed E-state index contributed by atoms with van der Waals surface area (Å²) in [6.07, 6.45) is 1.05. The standard InChI is InChI=1S/C9H22N4/c1-8(2)12-9(10)11-6-5-7-13(3)4/h8H,5-7H2,1-4H3,(H3,10,11,12). The normalized spacial score (nSPS) is 12.6. The van der Waals surface area contributed by atoms with Crippen LogP contribution >= 0.6 is 0 Å². The molecule has 0 heterocycles. The smallest absolute Gasteiger partial charge is 0.188 e. The van der Waals surface area contributed by atoms with Gasteiger partial charge in [-0.15, -0.1) is 0 Å². The van der Waals surface area contributed by atoms with E-state index in [0.29, 0.717) is 12.0 Å². The van der Waals surface area contributed by atoms with Gasteiger partial charge < -0.3 is 16.0 Å². The zero-order valence-corrected chi connectivity index (χ0v) is 9.17. The van der Waals surface area contributed by atoms with E-state index in [9.17, 15) is 0 Å². The highest BCUT2D eigenvalue weighted by Gasteiger charge is 1.94. The third-order valence-corrected chi connectivity index (χ3v) is 1.48. The third kappa shape index (κ3) is 9.14. The Morgan fingerprint density at radius 3 is 2.54 bits per heavy atom. The van der Waals surface area contributed by atoms with E-state index in [2.05, 4.69) is 29.3 Å². The molecule has 4 nitrogen and oxygen atoms in total. The highest BCUT2D eigenvalue weighted by Crippen LogP contribution is 1.84. The summed E-state index contributed by atoms with van der Waals surface area (Å²) in [4.78, 5) is 6.33. The van der Waals surface area contributed by atoms with Gasteiger partial charge in [0.25, 0.3) is 0 Å². The zero-order chi connectivity index (χ0) is 10.3. The molecule has 13 heavy (non-hydrogen) atoms. The lowest BCUT2D eigenvalue weighted by Gasteiger charge is -2.09. The maximum atomic E-state index is 5.62. The van der Waals surface area contributed by atoms with Crippen molar-refractivity contribution in [1.82, 2.24) is 10.2 Å². The van der Waals surface area contributed by atoms with E-state index in [4.69, 9.17) is 5.73 Å². The molecule has 0 aliphatic rings. The first-order chi connectivity index (χ1) is 6.02. The first-order valence-electron chi connectivity index (χ1n) is 4.73. The van der Waals surface area contributed by atoms with Crippen molar-refractivity contribution in [2.24, 2.45) is 10.7 Å². The molecule has 0 aliphatic heterocycles. The van der Waals surface area contributed by atoms with Gasteiger partial charge in [0.2, 0.25) is 0 Å². The molecule has 0 saturated carbocycles. The average Bonchev–Trinajstić information content (AvgIpc) is 1.96. The molecule has 0 rings (SSSR count). The number of nitrogens with one attached hydrogen (secondary N) is 1. The molecule has 78 valence electrons. The summed E-state index contributed by atoms with van der Waals surface area (Å²) in [6.45, 7) is 5.94. The van der Waals surface area contributed by atoms with Crippen molar-refractivity contribution in [3.05, 3.63) is 0 Å². The molecule has 3 N–H and O–H groups in total. The van der Waals surface area contributed by atoms with Crippen molar-refractivity contribution < 1.29 is 0 Å². The lowest BCUT2D eigenvalue weighted by Crippen LogP contribution is -2.36. The Morgan fingerprint density at radius 2 is 2.08 bits per heavy atom. The fraction of sp³-hybridized carbons (Fsp3) is 0.889. The molecule has 0 spiro atoms. The Hall–Kier alpha value is -0.770. The second-order valence-electron chi connectivity index (χ2n) is 3.72. The molecule has 4 heteroatoms. The van der Waals surface area contributed by atoms with Crippen LogP contribution in [0.2, 0.25) is 0 Å². The minimum Gasteiger partial charge on any atom is -0.370 e. The molecule has 0 bridgehead atoms. The maximum absolute atomic E-state index is 5.62. The van der Waals surface area contributed by atoms with E-state index in [-0.39, 0.29) is 0 Å². The topological polar surface area (TPSA) is 53.6 Å². The van der Waals surface area contributed by atoms with Crippen LogP contribution in [0.3, 0.4) is 0 Å². The van der Waals surface area contributed by atoms with Crippen molar-refractivity contribution in [1.29, 1.82) is 0 Å². The Bertz CT molecular complexity index is 152. The molecule has 0 amide bonds. The van der Waals surface area contributed by atoms with Crippen LogP contribution in [0.1, 0.15) is 20.3 Å². The molecular weight excluding hydrogens is 164 g/mol. The van der Waals surface area contributed by atoms with Gasteiger partial charge in [-0.05, 0) is 40.9 Å². The van der Waals surface area contributed by atoms with Crippen molar-refractivity contribution in [3.8, 4) is 0 Å². The predicted octanol–water partition coefficient (Wildman–Crippen LogP) is 0.251. The summed E-state index contributed by atoms with van der Waals surface area (Å²) < 4.78 is 0. The first kappa shape index (κ1) is 12.2. The second-order valence-corrected chi connectivity index (χ2v) is 3.72. The molecule has 0 aliphatic carbocycles. The van der Waals surface area contributed by atoms with Crippen molar-refractivity contribution in [3.63, 3.8) is 0 Å². The zero-order valence-electron chi connectivity index (χ0n) is 9.17. The molecule has 0 aromatic carbocycles. The first-order valence-corrected chi connectivity index (χ1v) is 4.73. The highest BCUT2D eigenvalue weighted by atomic mass is 15.1. The number of nitrogens with two attached hydrogens (primary N) is 1. The van der Waals surface area contributed by atoms with Gasteiger partial charge in [0, 0.05) is 12.6 Å². The number of hydrogen-bond acceptors (Lipinski definition) is 2. The van der Waals surface area contributed by atoms with Gasteiger partial charge in [-0.25, -0.2) is 0 Å². The monoisotopic (exact) mass is 186 g/mol. The largest absolute Gasteiger partial charge is 0.370 e. The van der Waals surface area contributed by atoms with Crippen LogP contribution in [0.4, 0.5) is 0 Å². The van der Waals surface area contributed by atoms with Gasteiger partial charge in [-0.1, -0.05) is 0 Å². The number of aliphatic imine (C=N–C) groups is 1. The van der Waals surface area contributed by atoms with Gasteiger partial charge in [0.1, 0.15) is 0 Å². The van der Waals surface area contributed by atoms with E-state index >= 15 is 0 Å². The number of rotatable bonds is 5. The SMILES string of the molecule is CC(C)NC(N)=NCCCN(C)C. The van der Waals surface area contributed by atoms with Gasteiger partial charge in [0.05, 0.1) is 0 Å². The minimum atomic E-state index is 0.359. The summed E-state index contributed by atoms with van der Waals surface area (Å²) >= 11 is 0. The molecule has 0 fully saturated rings. The van der Waals surface area contributed by atoms with E-state index in [1.165, 1.54) is 0 Å². The molecule has 0 aromatic heterocycles. The summed E-state index contributed by atoms with van der Waals surface area (Å²) in [5.41, 5.74) is 5.62. The average molecular weight is 186 g/mol. The van der Waals surface area contributed by atoms with Gasteiger partial charge in [0.15, 0.2) is 5.96 Å². The van der Waals surface area contributed by atoms with Crippen LogP contribution in [0.5, 0.6) is 0 Å². The Morgan fingerprint density at radius 1 is 1.46 bits per heavy atom. The van der Waals surface area contributed by atoms with Crippen LogP contribution in [0.25, 0.3) is 0 Å². The van der Waals surface area contributed by atoms with E-state index in [0.717, 1.165) is 19.5 Å². The maximum Gasteiger partial charge on any atom is 0.188 e. The molecule has 0 atom stereocenters. The van der Waals surface area contributed by atoms with Crippen LogP contribution in [-0.2, 0) is 0 Å². The second kappa shape index (κ2) is 6.71.